The van der Waals surface area contributed by atoms with Crippen molar-refractivity contribution in [2.24, 2.45) is 0 Å². The molecule has 154 valence electrons. The fraction of sp³-hybridized carbons (Fsp3) is 0.391. The van der Waals surface area contributed by atoms with Crippen molar-refractivity contribution in [2.75, 3.05) is 35.2 Å². The molecule has 2 aromatic carbocycles. The summed E-state index contributed by atoms with van der Waals surface area (Å²) in [5.74, 6) is -0.103. The van der Waals surface area contributed by atoms with E-state index < -0.39 is 0 Å². The lowest BCUT2D eigenvalue weighted by Crippen LogP contribution is -2.28. The fourth-order valence-corrected chi connectivity index (χ4v) is 3.53. The van der Waals surface area contributed by atoms with Crippen molar-refractivity contribution >= 4 is 29.0 Å². The number of anilines is 3. The Morgan fingerprint density at radius 2 is 1.69 bits per heavy atom. The zero-order chi connectivity index (χ0) is 20.6. The molecule has 0 spiro atoms. The van der Waals surface area contributed by atoms with Crippen LogP contribution in [0.4, 0.5) is 21.9 Å². The highest BCUT2D eigenvalue weighted by molar-refractivity contribution is 6.04. The lowest BCUT2D eigenvalue weighted by atomic mass is 10.1. The largest absolute Gasteiger partial charge is 0.371 e. The Kier molecular flexibility index (Phi) is 7.11. The topological polar surface area (TPSA) is 73.5 Å². The van der Waals surface area contributed by atoms with Gasteiger partial charge in [-0.15, -0.1) is 0 Å². The molecule has 29 heavy (non-hydrogen) atoms. The van der Waals surface area contributed by atoms with Gasteiger partial charge in [-0.1, -0.05) is 26.0 Å². The Morgan fingerprint density at radius 1 is 0.966 bits per heavy atom. The Labute approximate surface area is 172 Å². The van der Waals surface area contributed by atoms with Gasteiger partial charge in [0.2, 0.25) is 0 Å². The summed E-state index contributed by atoms with van der Waals surface area (Å²) in [7, 11) is 0. The molecule has 0 radical (unpaired) electrons. The summed E-state index contributed by atoms with van der Waals surface area (Å²) in [4.78, 5) is 27.4. The van der Waals surface area contributed by atoms with Crippen LogP contribution in [0.3, 0.4) is 0 Å². The van der Waals surface area contributed by atoms with Crippen LogP contribution < -0.4 is 20.9 Å². The minimum Gasteiger partial charge on any atom is -0.371 e. The van der Waals surface area contributed by atoms with E-state index in [2.05, 4.69) is 27.8 Å². The quantitative estimate of drug-likeness (QED) is 0.641. The third-order valence-corrected chi connectivity index (χ3v) is 5.07. The molecule has 6 nitrogen and oxygen atoms in total. The number of hydrogen-bond donors (Lipinski definition) is 3. The van der Waals surface area contributed by atoms with Gasteiger partial charge in [-0.3, -0.25) is 4.79 Å². The van der Waals surface area contributed by atoms with Crippen LogP contribution in [0.1, 0.15) is 49.0 Å². The first-order chi connectivity index (χ1) is 14.1. The molecule has 1 saturated heterocycles. The second kappa shape index (κ2) is 9.96. The van der Waals surface area contributed by atoms with Gasteiger partial charge < -0.3 is 20.9 Å². The molecule has 3 rings (SSSR count). The van der Waals surface area contributed by atoms with E-state index in [-0.39, 0.29) is 11.9 Å². The summed E-state index contributed by atoms with van der Waals surface area (Å²) in [6.07, 6.45) is 4.05. The molecule has 0 saturated carbocycles. The molecule has 1 aliphatic rings. The molecule has 0 aromatic heterocycles. The third kappa shape index (κ3) is 5.50. The van der Waals surface area contributed by atoms with E-state index in [4.69, 9.17) is 0 Å². The number of carbonyl (C=O) groups is 2. The molecule has 1 fully saturated rings. The minimum absolute atomic E-state index is 0.103. The number of aryl methyl sites for hydroxylation is 1. The predicted octanol–water partition coefficient (Wildman–Crippen LogP) is 4.63. The van der Waals surface area contributed by atoms with Gasteiger partial charge in [0.15, 0.2) is 0 Å². The number of carbonyl (C=O) groups excluding carboxylic acids is 2. The number of nitrogens with zero attached hydrogens (tertiary/aromatic N) is 1. The van der Waals surface area contributed by atoms with Crippen LogP contribution in [0.5, 0.6) is 0 Å². The van der Waals surface area contributed by atoms with Crippen LogP contribution >= 0.6 is 0 Å². The van der Waals surface area contributed by atoms with Crippen molar-refractivity contribution in [3.05, 3.63) is 53.6 Å². The van der Waals surface area contributed by atoms with Gasteiger partial charge in [-0.2, -0.15) is 0 Å². The van der Waals surface area contributed by atoms with Crippen molar-refractivity contribution in [1.82, 2.24) is 5.32 Å². The van der Waals surface area contributed by atoms with Gasteiger partial charge in [0.05, 0.1) is 5.56 Å². The highest BCUT2D eigenvalue weighted by Crippen LogP contribution is 2.27. The zero-order valence-corrected chi connectivity index (χ0v) is 17.3. The second-order valence-corrected chi connectivity index (χ2v) is 7.32. The highest BCUT2D eigenvalue weighted by atomic mass is 16.2. The first-order valence-electron chi connectivity index (χ1n) is 10.4. The van der Waals surface area contributed by atoms with Crippen molar-refractivity contribution in [2.45, 2.75) is 39.5 Å². The molecule has 2 aromatic rings. The Balaban J connectivity index is 1.76. The molecule has 3 N–H and O–H groups in total. The van der Waals surface area contributed by atoms with Crippen LogP contribution in [0, 0.1) is 0 Å². The van der Waals surface area contributed by atoms with Crippen LogP contribution in [0.25, 0.3) is 0 Å². The number of hydrogen-bond acceptors (Lipinski definition) is 3. The molecule has 6 heteroatoms. The van der Waals surface area contributed by atoms with E-state index in [1.165, 1.54) is 0 Å². The minimum atomic E-state index is -0.327. The second-order valence-electron chi connectivity index (χ2n) is 7.32. The summed E-state index contributed by atoms with van der Waals surface area (Å²) in [6, 6.07) is 13.0. The monoisotopic (exact) mass is 394 g/mol. The third-order valence-electron chi connectivity index (χ3n) is 5.07. The average Bonchev–Trinajstić information content (AvgIpc) is 3.26. The number of urea groups is 1. The van der Waals surface area contributed by atoms with E-state index in [0.29, 0.717) is 17.8 Å². The van der Waals surface area contributed by atoms with Crippen molar-refractivity contribution < 1.29 is 9.59 Å². The Morgan fingerprint density at radius 3 is 2.38 bits per heavy atom. The Hall–Kier alpha value is -3.02. The maximum atomic E-state index is 12.7. The van der Waals surface area contributed by atoms with Crippen LogP contribution in [-0.4, -0.2) is 31.6 Å². The van der Waals surface area contributed by atoms with Crippen LogP contribution in [0.2, 0.25) is 0 Å². The van der Waals surface area contributed by atoms with Crippen LogP contribution in [0.15, 0.2) is 42.5 Å². The molecule has 1 heterocycles. The van der Waals surface area contributed by atoms with Gasteiger partial charge >= 0.3 is 6.03 Å². The van der Waals surface area contributed by atoms with E-state index in [0.717, 1.165) is 55.7 Å². The Bertz CT molecular complexity index is 860. The van der Waals surface area contributed by atoms with E-state index in [1.807, 2.05) is 43.3 Å². The average molecular weight is 395 g/mol. The normalized spacial score (nSPS) is 13.2. The smallest absolute Gasteiger partial charge is 0.323 e. The SMILES string of the molecule is CCCNC(=O)c1cc(NC(=O)Nc2cccc(CC)c2)ccc1N1CCCC1. The van der Waals surface area contributed by atoms with E-state index in [1.54, 1.807) is 6.07 Å². The molecular weight excluding hydrogens is 364 g/mol. The fourth-order valence-electron chi connectivity index (χ4n) is 3.53. The summed E-state index contributed by atoms with van der Waals surface area (Å²) in [5.41, 5.74) is 4.03. The van der Waals surface area contributed by atoms with Gasteiger partial charge in [0.25, 0.3) is 5.91 Å². The van der Waals surface area contributed by atoms with E-state index >= 15 is 0 Å². The number of nitrogens with one attached hydrogen (secondary N) is 3. The summed E-state index contributed by atoms with van der Waals surface area (Å²) >= 11 is 0. The van der Waals surface area contributed by atoms with Crippen molar-refractivity contribution in [1.29, 1.82) is 0 Å². The first-order valence-corrected chi connectivity index (χ1v) is 10.4. The first kappa shape index (κ1) is 20.7. The molecule has 0 aliphatic carbocycles. The van der Waals surface area contributed by atoms with Gasteiger partial charge in [-0.25, -0.2) is 4.79 Å². The van der Waals surface area contributed by atoms with Gasteiger partial charge in [0, 0.05) is 36.7 Å². The summed E-state index contributed by atoms with van der Waals surface area (Å²) < 4.78 is 0. The molecule has 3 amide bonds. The number of rotatable bonds is 7. The summed E-state index contributed by atoms with van der Waals surface area (Å²) in [5, 5.41) is 8.66. The number of benzene rings is 2. The maximum absolute atomic E-state index is 12.7. The highest BCUT2D eigenvalue weighted by Gasteiger charge is 2.20. The number of amides is 3. The van der Waals surface area contributed by atoms with E-state index in [9.17, 15) is 9.59 Å². The summed E-state index contributed by atoms with van der Waals surface area (Å²) in [6.45, 7) is 6.64. The lowest BCUT2D eigenvalue weighted by molar-refractivity contribution is 0.0954. The van der Waals surface area contributed by atoms with Gasteiger partial charge in [0.1, 0.15) is 0 Å². The standard InChI is InChI=1S/C23H30N4O2/c1-3-12-24-22(28)20-16-19(10-11-21(20)27-13-5-6-14-27)26-23(29)25-18-9-7-8-17(4-2)15-18/h7-11,15-16H,3-6,12-14H2,1-2H3,(H,24,28)(H2,25,26,29). The van der Waals surface area contributed by atoms with Crippen molar-refractivity contribution in [3.8, 4) is 0 Å². The lowest BCUT2D eigenvalue weighted by Gasteiger charge is -2.22. The molecule has 0 bridgehead atoms. The maximum Gasteiger partial charge on any atom is 0.323 e. The van der Waals surface area contributed by atoms with Crippen LogP contribution in [-0.2, 0) is 6.42 Å². The van der Waals surface area contributed by atoms with Crippen molar-refractivity contribution in [3.63, 3.8) is 0 Å². The molecule has 0 atom stereocenters. The molecule has 1 aliphatic heterocycles. The zero-order valence-electron chi connectivity index (χ0n) is 17.3. The molecule has 0 unspecified atom stereocenters. The predicted molar refractivity (Wildman–Crippen MR) is 119 cm³/mol. The van der Waals surface area contributed by atoms with Gasteiger partial charge in [-0.05, 0) is 61.6 Å². The molecular formula is C23H30N4O2.